The highest BCUT2D eigenvalue weighted by molar-refractivity contribution is 5.90. The Hall–Kier alpha value is -2.61. The molecule has 8 heteroatoms. The lowest BCUT2D eigenvalue weighted by Crippen LogP contribution is -2.25. The van der Waals surface area contributed by atoms with Gasteiger partial charge in [-0.2, -0.15) is 4.39 Å². The predicted molar refractivity (Wildman–Crippen MR) is 131 cm³/mol. The van der Waals surface area contributed by atoms with Gasteiger partial charge in [0.2, 0.25) is 5.82 Å². The maximum absolute atomic E-state index is 15.1. The number of hydrogen-bond donors (Lipinski definition) is 0. The molecule has 2 aromatic rings. The Morgan fingerprint density at radius 1 is 0.703 bits per heavy atom. The zero-order valence-electron chi connectivity index (χ0n) is 21.3. The SMILES string of the molecule is CCOc1ccc(C(=O)OC2CCC(c3ccc(C4CCC(OCC)CC4)c(F)c3F)CC2)c(F)c1F. The van der Waals surface area contributed by atoms with Gasteiger partial charge in [0.05, 0.1) is 18.3 Å². The van der Waals surface area contributed by atoms with E-state index >= 15 is 8.78 Å². The van der Waals surface area contributed by atoms with E-state index in [1.54, 1.807) is 19.1 Å². The van der Waals surface area contributed by atoms with E-state index in [-0.39, 0.29) is 30.3 Å². The molecule has 2 fully saturated rings. The highest BCUT2D eigenvalue weighted by atomic mass is 19.2. The molecule has 0 N–H and O–H groups in total. The molecule has 0 radical (unpaired) electrons. The van der Waals surface area contributed by atoms with Crippen molar-refractivity contribution < 1.29 is 36.6 Å². The van der Waals surface area contributed by atoms with E-state index in [9.17, 15) is 13.6 Å². The maximum atomic E-state index is 15.1. The van der Waals surface area contributed by atoms with E-state index in [1.807, 2.05) is 6.92 Å². The third-order valence-corrected chi connectivity index (χ3v) is 7.61. The first-order valence-corrected chi connectivity index (χ1v) is 13.2. The molecular formula is C29H34F4O4. The highest BCUT2D eigenvalue weighted by Crippen LogP contribution is 2.40. The summed E-state index contributed by atoms with van der Waals surface area (Å²) in [6.07, 6.45) is 4.75. The predicted octanol–water partition coefficient (Wildman–Crippen LogP) is 7.59. The Labute approximate surface area is 215 Å². The van der Waals surface area contributed by atoms with Crippen LogP contribution in [0, 0.1) is 23.3 Å². The Kier molecular flexibility index (Phi) is 9.11. The van der Waals surface area contributed by atoms with Crippen LogP contribution in [0.4, 0.5) is 17.6 Å². The van der Waals surface area contributed by atoms with Gasteiger partial charge in [0.1, 0.15) is 6.10 Å². The minimum atomic E-state index is -1.31. The van der Waals surface area contributed by atoms with Crippen molar-refractivity contribution in [1.82, 2.24) is 0 Å². The van der Waals surface area contributed by atoms with Gasteiger partial charge in [0.25, 0.3) is 0 Å². The quantitative estimate of drug-likeness (QED) is 0.265. The fraction of sp³-hybridized carbons (Fsp3) is 0.552. The summed E-state index contributed by atoms with van der Waals surface area (Å²) in [5.41, 5.74) is 0.277. The van der Waals surface area contributed by atoms with Gasteiger partial charge in [-0.3, -0.25) is 0 Å². The van der Waals surface area contributed by atoms with E-state index in [0.29, 0.717) is 43.4 Å². The summed E-state index contributed by atoms with van der Waals surface area (Å²) in [6, 6.07) is 5.74. The van der Waals surface area contributed by atoms with Gasteiger partial charge >= 0.3 is 5.97 Å². The number of carbonyl (C=O) groups is 1. The molecule has 202 valence electrons. The van der Waals surface area contributed by atoms with Crippen LogP contribution in [0.1, 0.15) is 98.5 Å². The second-order valence-corrected chi connectivity index (χ2v) is 9.85. The van der Waals surface area contributed by atoms with E-state index in [1.165, 1.54) is 6.07 Å². The van der Waals surface area contributed by atoms with E-state index < -0.39 is 40.9 Å². The molecule has 0 unspecified atom stereocenters. The molecule has 2 saturated carbocycles. The molecule has 0 aliphatic heterocycles. The van der Waals surface area contributed by atoms with Crippen molar-refractivity contribution in [2.24, 2.45) is 0 Å². The summed E-state index contributed by atoms with van der Waals surface area (Å²) in [7, 11) is 0. The molecule has 0 atom stereocenters. The molecule has 2 aliphatic rings. The van der Waals surface area contributed by atoms with Gasteiger partial charge in [-0.15, -0.1) is 0 Å². The van der Waals surface area contributed by atoms with Crippen molar-refractivity contribution in [2.75, 3.05) is 13.2 Å². The zero-order chi connectivity index (χ0) is 26.5. The molecular weight excluding hydrogens is 488 g/mol. The highest BCUT2D eigenvalue weighted by Gasteiger charge is 2.31. The number of carbonyl (C=O) groups excluding carboxylic acids is 1. The Balaban J connectivity index is 1.35. The summed E-state index contributed by atoms with van der Waals surface area (Å²) >= 11 is 0. The minimum absolute atomic E-state index is 0.0109. The summed E-state index contributed by atoms with van der Waals surface area (Å²) < 4.78 is 74.7. The van der Waals surface area contributed by atoms with Gasteiger partial charge in [0.15, 0.2) is 23.2 Å². The third kappa shape index (κ3) is 6.11. The van der Waals surface area contributed by atoms with Crippen LogP contribution < -0.4 is 4.74 Å². The van der Waals surface area contributed by atoms with Crippen LogP contribution >= 0.6 is 0 Å². The van der Waals surface area contributed by atoms with Crippen LogP contribution in [0.2, 0.25) is 0 Å². The number of ether oxygens (including phenoxy) is 3. The second-order valence-electron chi connectivity index (χ2n) is 9.85. The van der Waals surface area contributed by atoms with Crippen molar-refractivity contribution in [2.45, 2.75) is 89.3 Å². The van der Waals surface area contributed by atoms with E-state index in [4.69, 9.17) is 14.2 Å². The average Bonchev–Trinajstić information content (AvgIpc) is 2.90. The number of rotatable bonds is 8. The van der Waals surface area contributed by atoms with Gasteiger partial charge in [-0.05, 0) is 100 Å². The molecule has 4 nitrogen and oxygen atoms in total. The van der Waals surface area contributed by atoms with Crippen LogP contribution in [0.15, 0.2) is 24.3 Å². The fourth-order valence-corrected chi connectivity index (χ4v) is 5.65. The number of benzene rings is 2. The smallest absolute Gasteiger partial charge is 0.341 e. The monoisotopic (exact) mass is 522 g/mol. The molecule has 37 heavy (non-hydrogen) atoms. The maximum Gasteiger partial charge on any atom is 0.341 e. The fourth-order valence-electron chi connectivity index (χ4n) is 5.65. The summed E-state index contributed by atoms with van der Waals surface area (Å²) in [4.78, 5) is 12.5. The molecule has 2 aliphatic carbocycles. The van der Waals surface area contributed by atoms with E-state index in [2.05, 4.69) is 0 Å². The standard InChI is InChI=1S/C29H34F4O4/c1-3-35-19-9-5-17(6-10-19)21-13-14-22(26(31)25(21)30)18-7-11-20(12-8-18)37-29(34)23-15-16-24(36-4-2)28(33)27(23)32/h13-20H,3-12H2,1-2H3. The average molecular weight is 523 g/mol. The molecule has 0 spiro atoms. The van der Waals surface area contributed by atoms with Crippen molar-refractivity contribution in [3.63, 3.8) is 0 Å². The summed E-state index contributed by atoms with van der Waals surface area (Å²) in [5, 5.41) is 0. The van der Waals surface area contributed by atoms with Crippen molar-refractivity contribution >= 4 is 5.97 Å². The van der Waals surface area contributed by atoms with Crippen molar-refractivity contribution in [1.29, 1.82) is 0 Å². The van der Waals surface area contributed by atoms with Crippen LogP contribution in [0.5, 0.6) is 5.75 Å². The van der Waals surface area contributed by atoms with Gasteiger partial charge in [-0.1, -0.05) is 12.1 Å². The van der Waals surface area contributed by atoms with Gasteiger partial charge < -0.3 is 14.2 Å². The van der Waals surface area contributed by atoms with Crippen LogP contribution in [0.25, 0.3) is 0 Å². The number of hydrogen-bond acceptors (Lipinski definition) is 4. The van der Waals surface area contributed by atoms with Crippen LogP contribution in [-0.2, 0) is 9.47 Å². The number of halogens is 4. The Morgan fingerprint density at radius 2 is 1.24 bits per heavy atom. The zero-order valence-corrected chi connectivity index (χ0v) is 21.3. The lowest BCUT2D eigenvalue weighted by atomic mass is 9.79. The summed E-state index contributed by atoms with van der Waals surface area (Å²) in [5.74, 6) is -5.54. The largest absolute Gasteiger partial charge is 0.491 e. The normalized spacial score (nSPS) is 24.1. The number of esters is 1. The van der Waals surface area contributed by atoms with Crippen LogP contribution in [-0.4, -0.2) is 31.4 Å². The summed E-state index contributed by atoms with van der Waals surface area (Å²) in [6.45, 7) is 4.41. The molecule has 4 rings (SSSR count). The molecule has 0 saturated heterocycles. The topological polar surface area (TPSA) is 44.8 Å². The molecule has 0 aromatic heterocycles. The first-order valence-electron chi connectivity index (χ1n) is 13.2. The Bertz CT molecular complexity index is 1090. The second kappa shape index (κ2) is 12.3. The van der Waals surface area contributed by atoms with Gasteiger partial charge in [-0.25, -0.2) is 18.0 Å². The van der Waals surface area contributed by atoms with Crippen LogP contribution in [0.3, 0.4) is 0 Å². The van der Waals surface area contributed by atoms with Gasteiger partial charge in [0, 0.05) is 6.61 Å². The first-order chi connectivity index (χ1) is 17.8. The van der Waals surface area contributed by atoms with E-state index in [0.717, 1.165) is 31.7 Å². The molecule has 0 heterocycles. The Morgan fingerprint density at radius 3 is 1.76 bits per heavy atom. The lowest BCUT2D eigenvalue weighted by molar-refractivity contribution is 0.0187. The molecule has 0 bridgehead atoms. The van der Waals surface area contributed by atoms with Crippen molar-refractivity contribution in [3.8, 4) is 5.75 Å². The lowest BCUT2D eigenvalue weighted by Gasteiger charge is -2.31. The molecule has 0 amide bonds. The molecule has 2 aromatic carbocycles. The minimum Gasteiger partial charge on any atom is -0.491 e. The van der Waals surface area contributed by atoms with Crippen molar-refractivity contribution in [3.05, 3.63) is 64.2 Å². The third-order valence-electron chi connectivity index (χ3n) is 7.61. The first kappa shape index (κ1) is 27.4.